The number of nitrogens with zero attached hydrogens (tertiary/aromatic N) is 2. The smallest absolute Gasteiger partial charge is 0.159 e. The Balaban J connectivity index is 0.763. The summed E-state index contributed by atoms with van der Waals surface area (Å²) < 4.78 is 14.7. The quantitative estimate of drug-likeness (QED) is 0.114. The van der Waals surface area contributed by atoms with Crippen molar-refractivity contribution in [1.82, 2.24) is 0 Å². The predicted molar refractivity (Wildman–Crippen MR) is 484 cm³/mol. The second-order valence-corrected chi connectivity index (χ2v) is 43.6. The van der Waals surface area contributed by atoms with Crippen molar-refractivity contribution in [3.8, 4) is 44.5 Å². The molecule has 2 aliphatic carbocycles. The summed E-state index contributed by atoms with van der Waals surface area (Å²) in [7, 11) is -4.49. The van der Waals surface area contributed by atoms with Gasteiger partial charge in [0, 0.05) is 44.0 Å². The molecule has 2 unspecified atom stereocenters. The third-order valence-electron chi connectivity index (χ3n) is 26.2. The molecule has 0 saturated carbocycles. The SMILES string of the molecule is CC(C)(C)[Si](C)(c1ccccc1)c1cccc(-c2ccc3oc4c(N(c5ccc6c(c5)C5(c7ccccc7-c7ccccc75)c5cc(N(c7ccc8ccccc8c7)c7cccc8c7oc7ccc(-c9cccc([Si](C)(c%10ccccc%10)C(C)(C)C)c9)cc78)c7ccccc7c5-6)c5ccc6ccccc6c5)cccc4c3c2)c1. The zero-order valence-corrected chi connectivity index (χ0v) is 66.9. The Morgan fingerprint density at radius 3 is 1.19 bits per heavy atom. The zero-order valence-electron chi connectivity index (χ0n) is 64.9. The molecule has 113 heavy (non-hydrogen) atoms. The van der Waals surface area contributed by atoms with Crippen molar-refractivity contribution in [2.24, 2.45) is 0 Å². The van der Waals surface area contributed by atoms with Gasteiger partial charge < -0.3 is 18.6 Å². The van der Waals surface area contributed by atoms with Crippen LogP contribution in [0.25, 0.3) is 121 Å². The summed E-state index contributed by atoms with van der Waals surface area (Å²) in [5.74, 6) is 0. The summed E-state index contributed by atoms with van der Waals surface area (Å²) in [5, 5.41) is 17.1. The fourth-order valence-electron chi connectivity index (χ4n) is 19.7. The monoisotopic (exact) mass is 1480 g/mol. The van der Waals surface area contributed by atoms with Crippen LogP contribution in [0.3, 0.4) is 0 Å². The van der Waals surface area contributed by atoms with Crippen LogP contribution in [0.5, 0.6) is 0 Å². The second kappa shape index (κ2) is 25.6. The number of hydrogen-bond acceptors (Lipinski definition) is 4. The largest absolute Gasteiger partial charge is 0.454 e. The molecule has 17 aromatic carbocycles. The minimum Gasteiger partial charge on any atom is -0.454 e. The fraction of sp³-hybridized carbons (Fsp3) is 0.103. The molecule has 0 aliphatic heterocycles. The Morgan fingerprint density at radius 2 is 0.664 bits per heavy atom. The van der Waals surface area contributed by atoms with Crippen molar-refractivity contribution < 1.29 is 8.83 Å². The molecule has 6 heteroatoms. The van der Waals surface area contributed by atoms with E-state index in [-0.39, 0.29) is 10.1 Å². The van der Waals surface area contributed by atoms with Gasteiger partial charge in [-0.1, -0.05) is 361 Å². The first kappa shape index (κ1) is 68.2. The number of para-hydroxylation sites is 2. The van der Waals surface area contributed by atoms with Crippen LogP contribution in [0, 0.1) is 0 Å². The number of benzene rings is 17. The topological polar surface area (TPSA) is 32.8 Å². The first-order valence-electron chi connectivity index (χ1n) is 39.8. The first-order valence-corrected chi connectivity index (χ1v) is 44.8. The van der Waals surface area contributed by atoms with Crippen LogP contribution in [0.15, 0.2) is 373 Å². The number of fused-ring (bicyclic) bond motifs is 20. The van der Waals surface area contributed by atoms with Crippen molar-refractivity contribution in [3.63, 3.8) is 0 Å². The Bertz CT molecular complexity index is 7050. The van der Waals surface area contributed by atoms with Crippen molar-refractivity contribution >= 4 is 147 Å². The lowest BCUT2D eigenvalue weighted by atomic mass is 9.70. The third-order valence-corrected chi connectivity index (χ3v) is 38.1. The van der Waals surface area contributed by atoms with Gasteiger partial charge in [0.1, 0.15) is 27.3 Å². The molecule has 2 heterocycles. The van der Waals surface area contributed by atoms with E-state index in [1.807, 2.05) is 0 Å². The minimum absolute atomic E-state index is 0.0626. The molecule has 0 amide bonds. The Morgan fingerprint density at radius 1 is 0.257 bits per heavy atom. The molecule has 2 aromatic heterocycles. The highest BCUT2D eigenvalue weighted by molar-refractivity contribution is 7.04. The van der Waals surface area contributed by atoms with E-state index >= 15 is 0 Å². The fourth-order valence-corrected chi connectivity index (χ4v) is 27.3. The summed E-state index contributed by atoms with van der Waals surface area (Å²) in [4.78, 5) is 4.97. The highest BCUT2D eigenvalue weighted by Gasteiger charge is 2.53. The maximum Gasteiger partial charge on any atom is 0.159 e. The first-order chi connectivity index (χ1) is 55.0. The van der Waals surface area contributed by atoms with E-state index in [1.54, 1.807) is 0 Å². The maximum atomic E-state index is 7.40. The average Bonchev–Trinajstić information content (AvgIpc) is 1.50. The van der Waals surface area contributed by atoms with E-state index in [0.717, 1.165) is 105 Å². The van der Waals surface area contributed by atoms with Gasteiger partial charge in [-0.3, -0.25) is 0 Å². The van der Waals surface area contributed by atoms with Crippen molar-refractivity contribution in [2.75, 3.05) is 9.80 Å². The molecule has 0 N–H and O–H groups in total. The van der Waals surface area contributed by atoms with Crippen LogP contribution >= 0.6 is 0 Å². The summed E-state index contributed by atoms with van der Waals surface area (Å²) in [6, 6.07) is 137. The number of anilines is 6. The molecule has 21 rings (SSSR count). The molecular weight excluding hydrogens is 1400 g/mol. The summed E-state index contributed by atoms with van der Waals surface area (Å²) in [6.07, 6.45) is 0. The normalized spacial score (nSPS) is 14.1. The molecule has 2 aliphatic rings. The summed E-state index contributed by atoms with van der Waals surface area (Å²) >= 11 is 0. The highest BCUT2D eigenvalue weighted by atomic mass is 28.3. The molecular formula is C107H84N2O2Si2. The van der Waals surface area contributed by atoms with E-state index in [0.29, 0.717) is 0 Å². The maximum absolute atomic E-state index is 7.40. The Kier molecular flexibility index (Phi) is 15.5. The third kappa shape index (κ3) is 10.3. The zero-order chi connectivity index (χ0) is 76.3. The van der Waals surface area contributed by atoms with Crippen molar-refractivity contribution in [2.45, 2.75) is 70.1 Å². The van der Waals surface area contributed by atoms with Gasteiger partial charge in [-0.15, -0.1) is 0 Å². The van der Waals surface area contributed by atoms with Crippen LogP contribution in [0.1, 0.15) is 63.8 Å². The van der Waals surface area contributed by atoms with E-state index in [2.05, 4.69) is 428 Å². The van der Waals surface area contributed by atoms with Crippen LogP contribution in [0.2, 0.25) is 23.2 Å². The van der Waals surface area contributed by atoms with Crippen molar-refractivity contribution in [3.05, 3.63) is 386 Å². The molecule has 2 atom stereocenters. The van der Waals surface area contributed by atoms with Gasteiger partial charge >= 0.3 is 0 Å². The van der Waals surface area contributed by atoms with Gasteiger partial charge in [-0.25, -0.2) is 0 Å². The summed E-state index contributed by atoms with van der Waals surface area (Å²) in [6.45, 7) is 19.6. The van der Waals surface area contributed by atoms with Crippen LogP contribution in [0.4, 0.5) is 34.1 Å². The van der Waals surface area contributed by atoms with Gasteiger partial charge in [0.25, 0.3) is 0 Å². The number of furan rings is 2. The molecule has 0 radical (unpaired) electrons. The lowest BCUT2D eigenvalue weighted by Gasteiger charge is -2.41. The van der Waals surface area contributed by atoms with E-state index in [1.165, 1.54) is 92.5 Å². The Labute approximate surface area is 662 Å². The van der Waals surface area contributed by atoms with Gasteiger partial charge in [-0.2, -0.15) is 0 Å². The van der Waals surface area contributed by atoms with Gasteiger partial charge in [-0.05, 0) is 183 Å². The van der Waals surface area contributed by atoms with Crippen LogP contribution < -0.4 is 30.5 Å². The van der Waals surface area contributed by atoms with E-state index < -0.39 is 21.6 Å². The molecule has 542 valence electrons. The lowest BCUT2D eigenvalue weighted by molar-refractivity contribution is 0.669. The molecule has 0 bridgehead atoms. The molecule has 1 spiro atoms. The van der Waals surface area contributed by atoms with Gasteiger partial charge in [0.2, 0.25) is 0 Å². The highest BCUT2D eigenvalue weighted by Crippen LogP contribution is 2.66. The number of rotatable bonds is 12. The standard InChI is InChI=1S/C107H84N2O2Si2/c1-105(2,3)112(7,80-35-11-9-12-36-80)82-39-25-33-73(63-82)75-53-59-100-91(65-75)88-45-27-49-97(103(88)110-100)108(77-55-51-69-29-15-17-31-71(69)61-77)79-57-58-90-95(67-79)107(93-47-23-21-41-84(93)85-42-22-24-48-94(85)107)96-68-99(86-43-19-20-44-87(86)102(90)96)109(78-56-52-70-30-16-18-32-72(70)62-78)98-50-28-46-89-92-66-76(54-60-101(92)111-104(89)98)74-34-26-40-83(64-74)113(8,106(4,5)6)81-37-13-10-14-38-81/h9-68H,1-8H3. The van der Waals surface area contributed by atoms with E-state index in [4.69, 9.17) is 8.83 Å². The molecule has 0 fully saturated rings. The van der Waals surface area contributed by atoms with E-state index in [9.17, 15) is 0 Å². The lowest BCUT2D eigenvalue weighted by Crippen LogP contribution is -2.61. The average molecular weight is 1490 g/mol. The number of hydrogen-bond donors (Lipinski definition) is 0. The van der Waals surface area contributed by atoms with Gasteiger partial charge in [0.05, 0.1) is 22.5 Å². The minimum atomic E-state index is -2.25. The van der Waals surface area contributed by atoms with Gasteiger partial charge in [0.15, 0.2) is 11.2 Å². The molecule has 19 aromatic rings. The van der Waals surface area contributed by atoms with Crippen molar-refractivity contribution in [1.29, 1.82) is 0 Å². The predicted octanol–water partition coefficient (Wildman–Crippen LogP) is 27.5. The van der Waals surface area contributed by atoms with Crippen LogP contribution in [-0.4, -0.2) is 16.1 Å². The molecule has 0 saturated heterocycles. The molecule has 4 nitrogen and oxygen atoms in total. The summed E-state index contributed by atoms with van der Waals surface area (Å²) in [5.41, 5.74) is 23.2. The second-order valence-electron chi connectivity index (χ2n) is 33.7. The van der Waals surface area contributed by atoms with Crippen LogP contribution in [-0.2, 0) is 5.41 Å². The Hall–Kier alpha value is -12.8.